The first-order valence-electron chi connectivity index (χ1n) is 1.70. The molecule has 0 aliphatic carbocycles. The molecule has 0 heterocycles. The summed E-state index contributed by atoms with van der Waals surface area (Å²) < 4.78 is 0. The number of carboxylic acids is 1. The van der Waals surface area contributed by atoms with Gasteiger partial charge >= 0.3 is 35.5 Å². The molecule has 0 amide bonds. The molecule has 4 nitrogen and oxygen atoms in total. The van der Waals surface area contributed by atoms with Crippen molar-refractivity contribution in [3.8, 4) is 0 Å². The van der Waals surface area contributed by atoms with Crippen LogP contribution < -0.4 is 29.6 Å². The monoisotopic (exact) mass is 220 g/mol. The number of carboxylic acid groups (broad SMARTS) is 1. The third-order valence-corrected chi connectivity index (χ3v) is 0.458. The largest absolute Gasteiger partial charge is 1.00 e. The van der Waals surface area contributed by atoms with Crippen molar-refractivity contribution < 1.29 is 77.3 Å². The van der Waals surface area contributed by atoms with Gasteiger partial charge in [-0.05, 0) is 0 Å². The van der Waals surface area contributed by atoms with Crippen LogP contribution in [0.4, 0.5) is 0 Å². The fourth-order valence-electron chi connectivity index (χ4n) is 0.0781. The Morgan fingerprint density at radius 1 is 1.67 bits per heavy atom. The molecule has 6 heteroatoms. The number of aliphatic carboxylic acids is 1. The molecule has 0 aromatic carbocycles. The van der Waals surface area contributed by atoms with Gasteiger partial charge in [0.1, 0.15) is 0 Å². The van der Waals surface area contributed by atoms with Crippen LogP contribution in [0.15, 0.2) is 0 Å². The Hall–Kier alpha value is 1.27. The summed E-state index contributed by atoms with van der Waals surface area (Å²) in [6.45, 7) is -0.727. The van der Waals surface area contributed by atoms with Crippen molar-refractivity contribution in [1.29, 1.82) is 0 Å². The SMILES string of the molecule is O=C(O)C(O)CO.[H-].[Na+].[Zr]. The predicted molar refractivity (Wildman–Crippen MR) is 21.8 cm³/mol. The van der Waals surface area contributed by atoms with E-state index < -0.39 is 18.7 Å². The van der Waals surface area contributed by atoms with Crippen molar-refractivity contribution in [2.45, 2.75) is 6.10 Å². The van der Waals surface area contributed by atoms with Crippen LogP contribution in [-0.2, 0) is 31.0 Å². The fraction of sp³-hybridized carbons (Fsp3) is 0.667. The molecule has 0 saturated carbocycles. The molecule has 0 aliphatic heterocycles. The summed E-state index contributed by atoms with van der Waals surface area (Å²) in [6, 6.07) is 0. The first kappa shape index (κ1) is 16.7. The third-order valence-electron chi connectivity index (χ3n) is 0.458. The van der Waals surface area contributed by atoms with Gasteiger partial charge in [-0.1, -0.05) is 0 Å². The van der Waals surface area contributed by atoms with Gasteiger partial charge in [-0.2, -0.15) is 0 Å². The number of rotatable bonds is 2. The summed E-state index contributed by atoms with van der Waals surface area (Å²) in [5, 5.41) is 23.7. The standard InChI is InChI=1S/C3H6O4.Na.Zr.H/c4-1-2(5)3(6)7;;;/h2,4-5H,1H2,(H,6,7);;;/q;+1;;-1. The van der Waals surface area contributed by atoms with Crippen molar-refractivity contribution in [2.75, 3.05) is 6.61 Å². The number of hydrogen-bond donors (Lipinski definition) is 3. The Labute approximate surface area is 95.2 Å². The van der Waals surface area contributed by atoms with E-state index in [1.807, 2.05) is 0 Å². The Morgan fingerprint density at radius 3 is 2.00 bits per heavy atom. The van der Waals surface area contributed by atoms with Gasteiger partial charge in [-0.25, -0.2) is 4.79 Å². The van der Waals surface area contributed by atoms with Gasteiger partial charge < -0.3 is 16.7 Å². The van der Waals surface area contributed by atoms with E-state index in [0.29, 0.717) is 0 Å². The molecule has 0 fully saturated rings. The first-order chi connectivity index (χ1) is 3.18. The van der Waals surface area contributed by atoms with Gasteiger partial charge in [0.15, 0.2) is 6.10 Å². The van der Waals surface area contributed by atoms with E-state index in [9.17, 15) is 4.79 Å². The maximum atomic E-state index is 9.52. The fourth-order valence-corrected chi connectivity index (χ4v) is 0.0781. The third kappa shape index (κ3) is 9.27. The zero-order valence-corrected chi connectivity index (χ0v) is 9.49. The second-order valence-corrected chi connectivity index (χ2v) is 1.04. The van der Waals surface area contributed by atoms with Crippen LogP contribution in [-0.4, -0.2) is 34.0 Å². The van der Waals surface area contributed by atoms with E-state index in [0.717, 1.165) is 0 Å². The molecular weight excluding hydrogens is 214 g/mol. The first-order valence-corrected chi connectivity index (χ1v) is 1.70. The predicted octanol–water partition coefficient (Wildman–Crippen LogP) is -4.46. The Kier molecular flexibility index (Phi) is 17.2. The molecule has 0 spiro atoms. The van der Waals surface area contributed by atoms with Crippen LogP contribution in [0.1, 0.15) is 1.43 Å². The van der Waals surface area contributed by atoms with E-state index in [4.69, 9.17) is 15.3 Å². The van der Waals surface area contributed by atoms with Crippen molar-refractivity contribution >= 4 is 5.97 Å². The molecule has 0 aromatic rings. The summed E-state index contributed by atoms with van der Waals surface area (Å²) in [5.74, 6) is -1.40. The topological polar surface area (TPSA) is 77.8 Å². The summed E-state index contributed by atoms with van der Waals surface area (Å²) in [6.07, 6.45) is -1.63. The Morgan fingerprint density at radius 2 is 2.00 bits per heavy atom. The number of carbonyl (C=O) groups is 1. The number of aliphatic hydroxyl groups is 2. The Bertz CT molecular complexity index is 82.9. The molecule has 0 bridgehead atoms. The minimum Gasteiger partial charge on any atom is -1.00 e. The van der Waals surface area contributed by atoms with Crippen molar-refractivity contribution in [1.82, 2.24) is 0 Å². The molecule has 1 unspecified atom stereocenters. The molecule has 48 valence electrons. The van der Waals surface area contributed by atoms with Gasteiger partial charge in [-0.15, -0.1) is 0 Å². The van der Waals surface area contributed by atoms with Gasteiger partial charge in [0.2, 0.25) is 0 Å². The quantitative estimate of drug-likeness (QED) is 0.411. The molecule has 9 heavy (non-hydrogen) atoms. The smallest absolute Gasteiger partial charge is 1.00 e. The molecule has 0 rings (SSSR count). The average Bonchev–Trinajstić information content (AvgIpc) is 1.65. The van der Waals surface area contributed by atoms with Crippen LogP contribution in [0.2, 0.25) is 0 Å². The van der Waals surface area contributed by atoms with Crippen LogP contribution in [0.5, 0.6) is 0 Å². The number of hydrogen-bond acceptors (Lipinski definition) is 3. The summed E-state index contributed by atoms with van der Waals surface area (Å²) in [5.41, 5.74) is 0. The van der Waals surface area contributed by atoms with E-state index in [-0.39, 0.29) is 57.2 Å². The molecular formula is C3H7NaO4Zr. The van der Waals surface area contributed by atoms with Crippen LogP contribution >= 0.6 is 0 Å². The van der Waals surface area contributed by atoms with Gasteiger partial charge in [0.25, 0.3) is 0 Å². The van der Waals surface area contributed by atoms with E-state index >= 15 is 0 Å². The van der Waals surface area contributed by atoms with Crippen molar-refractivity contribution in [3.63, 3.8) is 0 Å². The van der Waals surface area contributed by atoms with E-state index in [1.54, 1.807) is 0 Å². The van der Waals surface area contributed by atoms with Crippen molar-refractivity contribution in [3.05, 3.63) is 0 Å². The zero-order chi connectivity index (χ0) is 5.86. The van der Waals surface area contributed by atoms with Gasteiger partial charge in [0.05, 0.1) is 6.61 Å². The maximum Gasteiger partial charge on any atom is 1.00 e. The zero-order valence-electron chi connectivity index (χ0n) is 6.03. The molecule has 0 radical (unpaired) electrons. The summed E-state index contributed by atoms with van der Waals surface area (Å²) in [7, 11) is 0. The molecule has 0 aromatic heterocycles. The minimum absolute atomic E-state index is 0. The normalized spacial score (nSPS) is 10.4. The number of aliphatic hydroxyl groups excluding tert-OH is 2. The van der Waals surface area contributed by atoms with Crippen LogP contribution in [0.25, 0.3) is 0 Å². The molecule has 3 N–H and O–H groups in total. The Balaban J connectivity index is -0.0000000600. The van der Waals surface area contributed by atoms with E-state index in [1.165, 1.54) is 0 Å². The second kappa shape index (κ2) is 9.27. The summed E-state index contributed by atoms with van der Waals surface area (Å²) >= 11 is 0. The van der Waals surface area contributed by atoms with Crippen LogP contribution in [0.3, 0.4) is 0 Å². The molecule has 1 atom stereocenters. The molecule has 0 saturated heterocycles. The maximum absolute atomic E-state index is 9.52. The van der Waals surface area contributed by atoms with Gasteiger partial charge in [-0.3, -0.25) is 0 Å². The van der Waals surface area contributed by atoms with Crippen molar-refractivity contribution in [2.24, 2.45) is 0 Å². The van der Waals surface area contributed by atoms with E-state index in [2.05, 4.69) is 0 Å². The van der Waals surface area contributed by atoms with Gasteiger partial charge in [0, 0.05) is 26.2 Å². The molecule has 0 aliphatic rings. The van der Waals surface area contributed by atoms with Crippen LogP contribution in [0, 0.1) is 0 Å². The second-order valence-electron chi connectivity index (χ2n) is 1.04. The summed E-state index contributed by atoms with van der Waals surface area (Å²) in [4.78, 5) is 9.52. The minimum atomic E-state index is -1.63. The average molecular weight is 221 g/mol.